The highest BCUT2D eigenvalue weighted by atomic mass is 127. The van der Waals surface area contributed by atoms with Gasteiger partial charge >= 0.3 is 5.97 Å². The smallest absolute Gasteiger partial charge is 0.374 e. The van der Waals surface area contributed by atoms with Crippen LogP contribution in [-0.4, -0.2) is 18.5 Å². The molecule has 0 aliphatic carbocycles. The van der Waals surface area contributed by atoms with E-state index in [2.05, 4.69) is 27.9 Å². The number of furan rings is 1. The molecule has 1 aromatic heterocycles. The number of esters is 1. The van der Waals surface area contributed by atoms with Crippen molar-refractivity contribution in [1.82, 2.24) is 0 Å². The van der Waals surface area contributed by atoms with E-state index < -0.39 is 11.9 Å². The molecule has 0 saturated heterocycles. The quantitative estimate of drug-likeness (QED) is 0.649. The Morgan fingerprint density at radius 3 is 2.50 bits per heavy atom. The number of anilines is 1. The number of carbonyl (C=O) groups is 2. The van der Waals surface area contributed by atoms with E-state index in [-0.39, 0.29) is 12.4 Å². The van der Waals surface area contributed by atoms with Gasteiger partial charge < -0.3 is 14.5 Å². The first-order valence-corrected chi connectivity index (χ1v) is 6.91. The molecule has 0 radical (unpaired) electrons. The summed E-state index contributed by atoms with van der Waals surface area (Å²) in [5.74, 6) is -0.358. The average Bonchev–Trinajstić information content (AvgIpc) is 2.85. The van der Waals surface area contributed by atoms with Crippen LogP contribution in [0.2, 0.25) is 0 Å². The van der Waals surface area contributed by atoms with Crippen molar-refractivity contribution in [2.45, 2.75) is 6.92 Å². The summed E-state index contributed by atoms with van der Waals surface area (Å²) in [6.07, 6.45) is 0. The van der Waals surface area contributed by atoms with Crippen molar-refractivity contribution >= 4 is 40.2 Å². The van der Waals surface area contributed by atoms with E-state index in [4.69, 9.17) is 9.15 Å². The van der Waals surface area contributed by atoms with Gasteiger partial charge in [0.15, 0.2) is 6.61 Å². The van der Waals surface area contributed by atoms with Crippen LogP contribution in [-0.2, 0) is 9.53 Å². The Hall–Kier alpha value is -1.83. The number of rotatable bonds is 4. The SMILES string of the molecule is Cc1ccc(C(=O)OCC(=O)Nc2ccc(I)cc2)o1. The number of ether oxygens (including phenoxy) is 1. The zero-order valence-electron chi connectivity index (χ0n) is 10.7. The molecule has 0 aliphatic heterocycles. The maximum absolute atomic E-state index is 11.6. The fourth-order valence-electron chi connectivity index (χ4n) is 1.48. The fourth-order valence-corrected chi connectivity index (χ4v) is 1.84. The summed E-state index contributed by atoms with van der Waals surface area (Å²) in [6.45, 7) is 1.37. The van der Waals surface area contributed by atoms with E-state index >= 15 is 0 Å². The van der Waals surface area contributed by atoms with E-state index in [1.807, 2.05) is 12.1 Å². The van der Waals surface area contributed by atoms with Gasteiger partial charge in [-0.25, -0.2) is 4.79 Å². The van der Waals surface area contributed by atoms with Gasteiger partial charge in [-0.2, -0.15) is 0 Å². The van der Waals surface area contributed by atoms with E-state index in [9.17, 15) is 9.59 Å². The maximum atomic E-state index is 11.6. The number of carbonyl (C=O) groups excluding carboxylic acids is 2. The van der Waals surface area contributed by atoms with E-state index in [1.54, 1.807) is 25.1 Å². The minimum Gasteiger partial charge on any atom is -0.454 e. The lowest BCUT2D eigenvalue weighted by Crippen LogP contribution is -2.20. The van der Waals surface area contributed by atoms with Gasteiger partial charge in [-0.3, -0.25) is 4.79 Å². The van der Waals surface area contributed by atoms with Gasteiger partial charge in [0.2, 0.25) is 5.76 Å². The summed E-state index contributed by atoms with van der Waals surface area (Å²) in [4.78, 5) is 23.2. The zero-order valence-corrected chi connectivity index (χ0v) is 12.8. The largest absolute Gasteiger partial charge is 0.454 e. The fraction of sp³-hybridized carbons (Fsp3) is 0.143. The van der Waals surface area contributed by atoms with Gasteiger partial charge in [0.05, 0.1) is 0 Å². The minimum absolute atomic E-state index is 0.0876. The predicted octanol–water partition coefficient (Wildman–Crippen LogP) is 2.99. The second kappa shape index (κ2) is 6.56. The highest BCUT2D eigenvalue weighted by Crippen LogP contribution is 2.11. The van der Waals surface area contributed by atoms with Crippen molar-refractivity contribution in [1.29, 1.82) is 0 Å². The number of nitrogens with one attached hydrogen (secondary N) is 1. The molecule has 0 aliphatic rings. The van der Waals surface area contributed by atoms with Gasteiger partial charge in [-0.1, -0.05) is 0 Å². The van der Waals surface area contributed by atoms with Crippen LogP contribution < -0.4 is 5.32 Å². The molecule has 6 heteroatoms. The van der Waals surface area contributed by atoms with Gasteiger partial charge in [0.25, 0.3) is 5.91 Å². The molecular weight excluding hydrogens is 373 g/mol. The molecule has 20 heavy (non-hydrogen) atoms. The molecule has 0 saturated carbocycles. The van der Waals surface area contributed by atoms with Crippen molar-refractivity contribution in [3.05, 3.63) is 51.5 Å². The third kappa shape index (κ3) is 4.09. The van der Waals surface area contributed by atoms with Crippen LogP contribution in [0.3, 0.4) is 0 Å². The lowest BCUT2D eigenvalue weighted by molar-refractivity contribution is -0.119. The van der Waals surface area contributed by atoms with Crippen LogP contribution in [0.4, 0.5) is 5.69 Å². The van der Waals surface area contributed by atoms with Crippen LogP contribution in [0, 0.1) is 10.5 Å². The van der Waals surface area contributed by atoms with Crippen molar-refractivity contribution in [3.63, 3.8) is 0 Å². The number of halogens is 1. The van der Waals surface area contributed by atoms with Gasteiger partial charge in [-0.05, 0) is 65.9 Å². The highest BCUT2D eigenvalue weighted by molar-refractivity contribution is 14.1. The molecular formula is C14H12INO4. The molecule has 1 heterocycles. The standard InChI is InChI=1S/C14H12INO4/c1-9-2-7-12(20-9)14(18)19-8-13(17)16-11-5-3-10(15)4-6-11/h2-7H,8H2,1H3,(H,16,17). The third-order valence-corrected chi connectivity index (χ3v) is 3.12. The average molecular weight is 385 g/mol. The Kier molecular flexibility index (Phi) is 4.78. The molecule has 1 amide bonds. The monoisotopic (exact) mass is 385 g/mol. The molecule has 1 aromatic carbocycles. The summed E-state index contributed by atoms with van der Waals surface area (Å²) >= 11 is 2.17. The van der Waals surface area contributed by atoms with Crippen LogP contribution in [0.1, 0.15) is 16.3 Å². The van der Waals surface area contributed by atoms with Gasteiger partial charge in [0, 0.05) is 9.26 Å². The molecule has 0 atom stereocenters. The van der Waals surface area contributed by atoms with Crippen LogP contribution in [0.25, 0.3) is 0 Å². The van der Waals surface area contributed by atoms with E-state index in [1.165, 1.54) is 6.07 Å². The van der Waals surface area contributed by atoms with E-state index in [0.717, 1.165) is 3.57 Å². The molecule has 5 nitrogen and oxygen atoms in total. The Labute approximate surface area is 129 Å². The Balaban J connectivity index is 1.83. The summed E-state index contributed by atoms with van der Waals surface area (Å²) in [6, 6.07) is 10.5. The molecule has 0 bridgehead atoms. The normalized spacial score (nSPS) is 10.1. The van der Waals surface area contributed by atoms with Crippen molar-refractivity contribution in [2.75, 3.05) is 11.9 Å². The number of hydrogen-bond acceptors (Lipinski definition) is 4. The lowest BCUT2D eigenvalue weighted by Gasteiger charge is -2.05. The summed E-state index contributed by atoms with van der Waals surface area (Å²) in [7, 11) is 0. The molecule has 2 aromatic rings. The second-order valence-corrected chi connectivity index (χ2v) is 5.29. The Bertz CT molecular complexity index is 618. The van der Waals surface area contributed by atoms with E-state index in [0.29, 0.717) is 11.4 Å². The molecule has 0 unspecified atom stereocenters. The summed E-state index contributed by atoms with van der Waals surface area (Å²) < 4.78 is 11.0. The van der Waals surface area contributed by atoms with Gasteiger partial charge in [0.1, 0.15) is 5.76 Å². The molecule has 104 valence electrons. The summed E-state index contributed by atoms with van der Waals surface area (Å²) in [5, 5.41) is 2.63. The van der Waals surface area contributed by atoms with Crippen LogP contribution >= 0.6 is 22.6 Å². The number of amides is 1. The molecule has 0 spiro atoms. The minimum atomic E-state index is -0.657. The Morgan fingerprint density at radius 2 is 1.90 bits per heavy atom. The molecule has 2 rings (SSSR count). The third-order valence-electron chi connectivity index (χ3n) is 2.40. The molecule has 0 fully saturated rings. The van der Waals surface area contributed by atoms with Crippen LogP contribution in [0.5, 0.6) is 0 Å². The van der Waals surface area contributed by atoms with Crippen molar-refractivity contribution < 1.29 is 18.7 Å². The second-order valence-electron chi connectivity index (χ2n) is 4.04. The number of benzene rings is 1. The highest BCUT2D eigenvalue weighted by Gasteiger charge is 2.13. The van der Waals surface area contributed by atoms with Crippen LogP contribution in [0.15, 0.2) is 40.8 Å². The summed E-state index contributed by atoms with van der Waals surface area (Å²) in [5.41, 5.74) is 0.653. The topological polar surface area (TPSA) is 68.5 Å². The zero-order chi connectivity index (χ0) is 14.5. The first kappa shape index (κ1) is 14.6. The maximum Gasteiger partial charge on any atom is 0.374 e. The number of aryl methyl sites for hydroxylation is 1. The Morgan fingerprint density at radius 1 is 1.20 bits per heavy atom. The van der Waals surface area contributed by atoms with Gasteiger partial charge in [-0.15, -0.1) is 0 Å². The molecule has 1 N–H and O–H groups in total. The first-order valence-electron chi connectivity index (χ1n) is 5.83. The van der Waals surface area contributed by atoms with Crippen molar-refractivity contribution in [2.24, 2.45) is 0 Å². The lowest BCUT2D eigenvalue weighted by atomic mass is 10.3. The first-order chi connectivity index (χ1) is 9.54. The predicted molar refractivity (Wildman–Crippen MR) is 81.5 cm³/mol. The number of hydrogen-bond donors (Lipinski definition) is 1. The van der Waals surface area contributed by atoms with Crippen molar-refractivity contribution in [3.8, 4) is 0 Å².